The van der Waals surface area contributed by atoms with Gasteiger partial charge < -0.3 is 25.2 Å². The fraction of sp³-hybridized carbons (Fsp3) is 0.320. The molecule has 0 atom stereocenters. The lowest BCUT2D eigenvalue weighted by atomic mass is 10.2. The van der Waals surface area contributed by atoms with E-state index in [4.69, 9.17) is 20.4 Å². The second-order valence-electron chi connectivity index (χ2n) is 5.96. The minimum atomic E-state index is -0.935. The SMILES string of the molecule is C=C(C)C(=O)O.C=C(C)C(=O)O.C=CC(=O)OCCCC.C=Cc1ccccc1.OCCO. The van der Waals surface area contributed by atoms with E-state index in [0.29, 0.717) is 6.61 Å². The van der Waals surface area contributed by atoms with Crippen molar-refractivity contribution >= 4 is 24.0 Å². The van der Waals surface area contributed by atoms with Gasteiger partial charge in [-0.05, 0) is 25.8 Å². The Morgan fingerprint density at radius 2 is 1.30 bits per heavy atom. The number of ether oxygens (including phenoxy) is 1. The summed E-state index contributed by atoms with van der Waals surface area (Å²) in [7, 11) is 0. The highest BCUT2D eigenvalue weighted by molar-refractivity contribution is 5.85. The van der Waals surface area contributed by atoms with Crippen molar-refractivity contribution in [1.82, 2.24) is 0 Å². The zero-order valence-corrected chi connectivity index (χ0v) is 19.8. The number of carbonyl (C=O) groups is 3. The van der Waals surface area contributed by atoms with Crippen molar-refractivity contribution in [3.63, 3.8) is 0 Å². The summed E-state index contributed by atoms with van der Waals surface area (Å²) in [5.41, 5.74) is 1.53. The summed E-state index contributed by atoms with van der Waals surface area (Å²) in [5, 5.41) is 31.0. The van der Waals surface area contributed by atoms with Crippen LogP contribution < -0.4 is 0 Å². The molecule has 0 aromatic heterocycles. The fourth-order valence-corrected chi connectivity index (χ4v) is 0.965. The molecule has 1 rings (SSSR count). The maximum atomic E-state index is 10.3. The van der Waals surface area contributed by atoms with Crippen molar-refractivity contribution in [2.24, 2.45) is 0 Å². The smallest absolute Gasteiger partial charge is 0.330 e. The maximum Gasteiger partial charge on any atom is 0.330 e. The first-order chi connectivity index (χ1) is 15.4. The normalized spacial score (nSPS) is 8.03. The number of carboxylic acids is 2. The van der Waals surface area contributed by atoms with E-state index in [1.807, 2.05) is 43.3 Å². The van der Waals surface area contributed by atoms with E-state index in [2.05, 4.69) is 31.1 Å². The highest BCUT2D eigenvalue weighted by atomic mass is 16.5. The summed E-state index contributed by atoms with van der Waals surface area (Å²) < 4.78 is 4.67. The van der Waals surface area contributed by atoms with Crippen molar-refractivity contribution in [3.8, 4) is 0 Å². The predicted molar refractivity (Wildman–Crippen MR) is 132 cm³/mol. The number of aliphatic hydroxyl groups is 2. The molecule has 0 amide bonds. The van der Waals surface area contributed by atoms with Crippen LogP contribution in [0.4, 0.5) is 0 Å². The Kier molecular flexibility index (Phi) is 31.8. The second-order valence-corrected chi connectivity index (χ2v) is 5.96. The van der Waals surface area contributed by atoms with Gasteiger partial charge in [-0.15, -0.1) is 0 Å². The monoisotopic (exact) mass is 466 g/mol. The molecule has 0 saturated heterocycles. The number of esters is 1. The van der Waals surface area contributed by atoms with Crippen molar-refractivity contribution in [2.45, 2.75) is 33.6 Å². The van der Waals surface area contributed by atoms with Crippen LogP contribution in [0.25, 0.3) is 6.08 Å². The minimum absolute atomic E-state index is 0.125. The van der Waals surface area contributed by atoms with Gasteiger partial charge in [0, 0.05) is 17.2 Å². The molecular weight excluding hydrogens is 428 g/mol. The second kappa shape index (κ2) is 28.5. The van der Waals surface area contributed by atoms with Crippen LogP contribution in [0.5, 0.6) is 0 Å². The van der Waals surface area contributed by atoms with Crippen LogP contribution in [0.15, 0.2) is 73.9 Å². The van der Waals surface area contributed by atoms with E-state index < -0.39 is 11.9 Å². The molecule has 0 saturated carbocycles. The van der Waals surface area contributed by atoms with Gasteiger partial charge in [-0.1, -0.05) is 76.1 Å². The topological polar surface area (TPSA) is 141 Å². The van der Waals surface area contributed by atoms with E-state index >= 15 is 0 Å². The standard InChI is InChI=1S/C8H8.C7H12O2.2C4H6O2.C2H6O2/c1-2-8-6-4-3-5-7-8;1-3-5-6-9-7(8)4-2;2*1-3(2)4(5)6;3-1-2-4/h2-7H,1H2;4H,2-3,5-6H2,1H3;2*1H2,2H3,(H,5,6);3-4H,1-2H2. The first-order valence-electron chi connectivity index (χ1n) is 9.90. The number of carboxylic acid groups (broad SMARTS) is 2. The van der Waals surface area contributed by atoms with Crippen LogP contribution in [0.1, 0.15) is 39.2 Å². The summed E-state index contributed by atoms with van der Waals surface area (Å²) in [5.74, 6) is -2.20. The number of benzene rings is 1. The Hall–Kier alpha value is -3.49. The van der Waals surface area contributed by atoms with Crippen molar-refractivity contribution < 1.29 is 39.5 Å². The van der Waals surface area contributed by atoms with Crippen LogP contribution in [-0.2, 0) is 19.1 Å². The Bertz CT molecular complexity index is 644. The maximum absolute atomic E-state index is 10.3. The molecule has 8 heteroatoms. The molecule has 1 aromatic carbocycles. The molecule has 8 nitrogen and oxygen atoms in total. The summed E-state index contributed by atoms with van der Waals surface area (Å²) in [4.78, 5) is 29.5. The third-order valence-electron chi connectivity index (χ3n) is 2.77. The average molecular weight is 467 g/mol. The van der Waals surface area contributed by atoms with Crippen LogP contribution in [0.2, 0.25) is 0 Å². The van der Waals surface area contributed by atoms with Gasteiger partial charge in [0.25, 0.3) is 0 Å². The molecule has 0 aliphatic rings. The molecule has 0 bridgehead atoms. The predicted octanol–water partition coefficient (Wildman–Crippen LogP) is 4.11. The molecular formula is C25H38O8. The molecule has 33 heavy (non-hydrogen) atoms. The first kappa shape index (κ1) is 36.9. The van der Waals surface area contributed by atoms with E-state index in [9.17, 15) is 14.4 Å². The zero-order valence-electron chi connectivity index (χ0n) is 19.8. The lowest BCUT2D eigenvalue weighted by molar-refractivity contribution is -0.138. The van der Waals surface area contributed by atoms with Gasteiger partial charge in [0.1, 0.15) is 0 Å². The Morgan fingerprint density at radius 1 is 0.909 bits per heavy atom. The number of rotatable bonds is 8. The number of hydrogen-bond acceptors (Lipinski definition) is 6. The Labute approximate surface area is 196 Å². The average Bonchev–Trinajstić information content (AvgIpc) is 2.80. The summed E-state index contributed by atoms with van der Waals surface area (Å²) >= 11 is 0. The van der Waals surface area contributed by atoms with E-state index in [0.717, 1.165) is 12.8 Å². The van der Waals surface area contributed by atoms with Crippen molar-refractivity contribution in [3.05, 3.63) is 79.4 Å². The van der Waals surface area contributed by atoms with Crippen LogP contribution in [0, 0.1) is 0 Å². The fourth-order valence-electron chi connectivity index (χ4n) is 0.965. The number of unbranched alkanes of at least 4 members (excludes halogenated alkanes) is 1. The quantitative estimate of drug-likeness (QED) is 0.255. The minimum Gasteiger partial charge on any atom is -0.478 e. The van der Waals surface area contributed by atoms with Crippen molar-refractivity contribution in [2.75, 3.05) is 19.8 Å². The van der Waals surface area contributed by atoms with Gasteiger partial charge in [-0.3, -0.25) is 0 Å². The van der Waals surface area contributed by atoms with Crippen LogP contribution in [-0.4, -0.2) is 58.2 Å². The molecule has 0 aliphatic heterocycles. The highest BCUT2D eigenvalue weighted by Crippen LogP contribution is 1.97. The molecule has 1 aromatic rings. The Morgan fingerprint density at radius 3 is 1.52 bits per heavy atom. The van der Waals surface area contributed by atoms with Gasteiger partial charge in [0.15, 0.2) is 0 Å². The lowest BCUT2D eigenvalue weighted by Crippen LogP contribution is -2.00. The molecule has 0 spiro atoms. The number of carbonyl (C=O) groups excluding carboxylic acids is 1. The number of aliphatic carboxylic acids is 2. The third kappa shape index (κ3) is 39.5. The molecule has 0 aliphatic carbocycles. The van der Waals surface area contributed by atoms with Gasteiger partial charge >= 0.3 is 17.9 Å². The largest absolute Gasteiger partial charge is 0.478 e. The van der Waals surface area contributed by atoms with Gasteiger partial charge in [0.05, 0.1) is 19.8 Å². The number of hydrogen-bond donors (Lipinski definition) is 4. The third-order valence-corrected chi connectivity index (χ3v) is 2.77. The van der Waals surface area contributed by atoms with Gasteiger partial charge in [-0.2, -0.15) is 0 Å². The van der Waals surface area contributed by atoms with E-state index in [1.165, 1.54) is 25.5 Å². The molecule has 186 valence electrons. The van der Waals surface area contributed by atoms with Crippen molar-refractivity contribution in [1.29, 1.82) is 0 Å². The van der Waals surface area contributed by atoms with Crippen LogP contribution in [0.3, 0.4) is 0 Å². The summed E-state index contributed by atoms with van der Waals surface area (Å²) in [6.45, 7) is 18.4. The summed E-state index contributed by atoms with van der Waals surface area (Å²) in [6.07, 6.45) is 4.99. The molecule has 0 unspecified atom stereocenters. The molecule has 0 heterocycles. The van der Waals surface area contributed by atoms with E-state index in [1.54, 1.807) is 0 Å². The Balaban J connectivity index is -0.000000163. The molecule has 0 fully saturated rings. The van der Waals surface area contributed by atoms with Crippen LogP contribution >= 0.6 is 0 Å². The van der Waals surface area contributed by atoms with Gasteiger partial charge in [-0.25, -0.2) is 14.4 Å². The number of aliphatic hydroxyl groups excluding tert-OH is 2. The zero-order chi connectivity index (χ0) is 26.7. The lowest BCUT2D eigenvalue weighted by Gasteiger charge is -1.97. The van der Waals surface area contributed by atoms with E-state index in [-0.39, 0.29) is 30.3 Å². The molecule has 4 N–H and O–H groups in total. The summed E-state index contributed by atoms with van der Waals surface area (Å²) in [6, 6.07) is 10.0. The molecule has 0 radical (unpaired) electrons. The highest BCUT2D eigenvalue weighted by Gasteiger charge is 1.92. The first-order valence-corrected chi connectivity index (χ1v) is 9.90. The van der Waals surface area contributed by atoms with Gasteiger partial charge in [0.2, 0.25) is 0 Å².